The maximum Gasteiger partial charge on any atom is 0.251 e. The van der Waals surface area contributed by atoms with Gasteiger partial charge in [-0.1, -0.05) is 0 Å². The van der Waals surface area contributed by atoms with E-state index >= 15 is 0 Å². The van der Waals surface area contributed by atoms with Crippen LogP contribution in [0.3, 0.4) is 0 Å². The van der Waals surface area contributed by atoms with Crippen molar-refractivity contribution in [1.29, 1.82) is 0 Å². The van der Waals surface area contributed by atoms with Crippen molar-refractivity contribution in [3.63, 3.8) is 0 Å². The summed E-state index contributed by atoms with van der Waals surface area (Å²) in [5, 5.41) is 2.82. The van der Waals surface area contributed by atoms with Crippen LogP contribution in [0, 0.1) is 5.41 Å². The highest BCUT2D eigenvalue weighted by Crippen LogP contribution is 2.53. The van der Waals surface area contributed by atoms with E-state index in [-0.39, 0.29) is 17.7 Å². The molecule has 3 amide bonds. The van der Waals surface area contributed by atoms with Gasteiger partial charge >= 0.3 is 0 Å². The van der Waals surface area contributed by atoms with Crippen LogP contribution in [0.5, 0.6) is 0 Å². The second-order valence-electron chi connectivity index (χ2n) is 8.22. The Morgan fingerprint density at radius 3 is 2.26 bits per heavy atom. The molecule has 2 saturated heterocycles. The molecule has 1 aromatic rings. The normalized spacial score (nSPS) is 22.0. The minimum Gasteiger partial charge on any atom is -0.341 e. The number of nitrogens with one attached hydrogen (secondary N) is 1. The minimum absolute atomic E-state index is 0.00173. The molecule has 1 aliphatic carbocycles. The molecule has 0 bridgehead atoms. The van der Waals surface area contributed by atoms with Crippen molar-refractivity contribution in [1.82, 2.24) is 10.2 Å². The van der Waals surface area contributed by atoms with Crippen molar-refractivity contribution >= 4 is 23.4 Å². The molecule has 2 heterocycles. The number of hydrogen-bond acceptors (Lipinski definition) is 3. The molecule has 1 aromatic carbocycles. The maximum atomic E-state index is 12.6. The van der Waals surface area contributed by atoms with Gasteiger partial charge in [-0.05, 0) is 68.7 Å². The van der Waals surface area contributed by atoms with Gasteiger partial charge in [-0.25, -0.2) is 0 Å². The molecule has 1 spiro atoms. The average molecular weight is 369 g/mol. The monoisotopic (exact) mass is 369 g/mol. The van der Waals surface area contributed by atoms with Gasteiger partial charge in [0.05, 0.1) is 0 Å². The van der Waals surface area contributed by atoms with E-state index in [2.05, 4.69) is 5.32 Å². The Kier molecular flexibility index (Phi) is 4.66. The Bertz CT molecular complexity index is 744. The van der Waals surface area contributed by atoms with E-state index in [1.807, 2.05) is 4.90 Å². The lowest BCUT2D eigenvalue weighted by molar-refractivity contribution is -0.134. The maximum absolute atomic E-state index is 12.6. The van der Waals surface area contributed by atoms with Crippen molar-refractivity contribution in [2.45, 2.75) is 51.5 Å². The Labute approximate surface area is 159 Å². The fourth-order valence-electron chi connectivity index (χ4n) is 4.21. The molecule has 4 rings (SSSR count). The summed E-state index contributed by atoms with van der Waals surface area (Å²) in [6, 6.07) is 6.48. The van der Waals surface area contributed by atoms with Gasteiger partial charge in [0.1, 0.15) is 6.04 Å². The first-order valence-corrected chi connectivity index (χ1v) is 9.98. The molecular weight excluding hydrogens is 342 g/mol. The molecular formula is C21H27N3O3. The number of carbonyl (C=O) groups is 3. The van der Waals surface area contributed by atoms with Crippen LogP contribution in [0.4, 0.5) is 5.69 Å². The van der Waals surface area contributed by atoms with Crippen molar-refractivity contribution < 1.29 is 14.4 Å². The van der Waals surface area contributed by atoms with Crippen LogP contribution in [0.2, 0.25) is 0 Å². The topological polar surface area (TPSA) is 69.7 Å². The fraction of sp³-hybridized carbons (Fsp3) is 0.571. The third kappa shape index (κ3) is 3.70. The summed E-state index contributed by atoms with van der Waals surface area (Å²) < 4.78 is 0. The molecule has 27 heavy (non-hydrogen) atoms. The molecule has 1 atom stereocenters. The number of nitrogens with zero attached hydrogens (tertiary/aromatic N) is 2. The van der Waals surface area contributed by atoms with Crippen molar-refractivity contribution in [3.8, 4) is 0 Å². The summed E-state index contributed by atoms with van der Waals surface area (Å²) in [7, 11) is 0. The van der Waals surface area contributed by atoms with Crippen molar-refractivity contribution in [2.75, 3.05) is 24.5 Å². The third-order valence-corrected chi connectivity index (χ3v) is 6.33. The molecule has 1 N–H and O–H groups in total. The largest absolute Gasteiger partial charge is 0.341 e. The molecule has 0 radical (unpaired) electrons. The summed E-state index contributed by atoms with van der Waals surface area (Å²) in [4.78, 5) is 40.6. The summed E-state index contributed by atoms with van der Waals surface area (Å²) in [5.74, 6) is -0.134. The van der Waals surface area contributed by atoms with Gasteiger partial charge in [0.15, 0.2) is 0 Å². The van der Waals surface area contributed by atoms with E-state index < -0.39 is 6.04 Å². The first kappa shape index (κ1) is 18.0. The molecule has 6 heteroatoms. The number of rotatable bonds is 4. The number of amides is 3. The molecule has 3 fully saturated rings. The molecule has 144 valence electrons. The second-order valence-corrected chi connectivity index (χ2v) is 8.22. The fourth-order valence-corrected chi connectivity index (χ4v) is 4.21. The van der Waals surface area contributed by atoms with E-state index in [1.54, 1.807) is 36.1 Å². The van der Waals surface area contributed by atoms with Gasteiger partial charge in [-0.3, -0.25) is 14.4 Å². The summed E-state index contributed by atoms with van der Waals surface area (Å²) >= 11 is 0. The number of piperidine rings is 1. The van der Waals surface area contributed by atoms with E-state index in [0.29, 0.717) is 17.4 Å². The minimum atomic E-state index is -0.536. The highest BCUT2D eigenvalue weighted by Gasteiger charge is 2.45. The lowest BCUT2D eigenvalue weighted by atomic mass is 9.93. The molecule has 0 aromatic heterocycles. The number of benzene rings is 1. The highest BCUT2D eigenvalue weighted by atomic mass is 16.2. The summed E-state index contributed by atoms with van der Waals surface area (Å²) in [5.41, 5.74) is 1.85. The van der Waals surface area contributed by atoms with Crippen LogP contribution in [0.1, 0.15) is 55.8 Å². The SMILES string of the molecule is CC(NC(=O)c1ccc(N2CCCC2=O)cc1)C(=O)N1CCC2(CC1)CC2. The number of anilines is 1. The van der Waals surface area contributed by atoms with Gasteiger partial charge < -0.3 is 15.1 Å². The predicted molar refractivity (Wildman–Crippen MR) is 102 cm³/mol. The highest BCUT2D eigenvalue weighted by molar-refractivity contribution is 5.99. The molecule has 6 nitrogen and oxygen atoms in total. The van der Waals surface area contributed by atoms with E-state index in [1.165, 1.54) is 12.8 Å². The van der Waals surface area contributed by atoms with Gasteiger partial charge in [0.2, 0.25) is 11.8 Å². The van der Waals surface area contributed by atoms with Crippen LogP contribution in [0.25, 0.3) is 0 Å². The van der Waals surface area contributed by atoms with E-state index in [0.717, 1.165) is 44.6 Å². The van der Waals surface area contributed by atoms with Crippen LogP contribution < -0.4 is 10.2 Å². The van der Waals surface area contributed by atoms with Gasteiger partial charge in [-0.2, -0.15) is 0 Å². The second kappa shape index (κ2) is 6.98. The predicted octanol–water partition coefficient (Wildman–Crippen LogP) is 2.33. The van der Waals surface area contributed by atoms with Gasteiger partial charge in [0, 0.05) is 37.3 Å². The summed E-state index contributed by atoms with van der Waals surface area (Å²) in [6.07, 6.45) is 6.25. The van der Waals surface area contributed by atoms with Crippen molar-refractivity contribution in [2.24, 2.45) is 5.41 Å². The molecule has 2 aliphatic heterocycles. The van der Waals surface area contributed by atoms with Crippen LogP contribution in [0.15, 0.2) is 24.3 Å². The molecule has 1 unspecified atom stereocenters. The van der Waals surface area contributed by atoms with E-state index in [9.17, 15) is 14.4 Å². The number of hydrogen-bond donors (Lipinski definition) is 1. The van der Waals surface area contributed by atoms with Crippen LogP contribution >= 0.6 is 0 Å². The van der Waals surface area contributed by atoms with Crippen molar-refractivity contribution in [3.05, 3.63) is 29.8 Å². The lowest BCUT2D eigenvalue weighted by Crippen LogP contribution is -2.49. The Morgan fingerprint density at radius 1 is 1.04 bits per heavy atom. The van der Waals surface area contributed by atoms with Crippen LogP contribution in [-0.2, 0) is 9.59 Å². The zero-order chi connectivity index (χ0) is 19.0. The summed E-state index contributed by atoms with van der Waals surface area (Å²) in [6.45, 7) is 4.08. The smallest absolute Gasteiger partial charge is 0.251 e. The molecule has 1 saturated carbocycles. The molecule has 3 aliphatic rings. The van der Waals surface area contributed by atoms with Gasteiger partial charge in [-0.15, -0.1) is 0 Å². The van der Waals surface area contributed by atoms with E-state index in [4.69, 9.17) is 0 Å². The third-order valence-electron chi connectivity index (χ3n) is 6.33. The quantitative estimate of drug-likeness (QED) is 0.886. The van der Waals surface area contributed by atoms with Gasteiger partial charge in [0.25, 0.3) is 5.91 Å². The average Bonchev–Trinajstić information content (AvgIpc) is 3.29. The van der Waals surface area contributed by atoms with Crippen LogP contribution in [-0.4, -0.2) is 48.3 Å². The number of likely N-dealkylation sites (tertiary alicyclic amines) is 1. The Balaban J connectivity index is 1.32. The first-order chi connectivity index (χ1) is 13.0. The standard InChI is InChI=1S/C21H27N3O3/c1-15(20(27)23-13-10-21(8-9-21)11-14-23)22-19(26)16-4-6-17(7-5-16)24-12-2-3-18(24)25/h4-7,15H,2-3,8-14H2,1H3,(H,22,26). The first-order valence-electron chi connectivity index (χ1n) is 9.98. The zero-order valence-electron chi connectivity index (χ0n) is 15.9. The zero-order valence-corrected chi connectivity index (χ0v) is 15.9. The number of carbonyl (C=O) groups excluding carboxylic acids is 3. The lowest BCUT2D eigenvalue weighted by Gasteiger charge is -2.33. The Morgan fingerprint density at radius 2 is 1.70 bits per heavy atom. The Hall–Kier alpha value is -2.37.